The summed E-state index contributed by atoms with van der Waals surface area (Å²) in [7, 11) is 0. The van der Waals surface area contributed by atoms with Gasteiger partial charge in [0.2, 0.25) is 5.95 Å². The molecule has 0 bridgehead atoms. The number of nitrogens with one attached hydrogen (secondary N) is 2. The number of anilines is 1. The van der Waals surface area contributed by atoms with Gasteiger partial charge in [-0.05, 0) is 31.0 Å². The molecule has 0 spiro atoms. The molecule has 3 rings (SSSR count). The number of aliphatic hydroxyl groups excluding tert-OH is 1. The van der Waals surface area contributed by atoms with Crippen molar-refractivity contribution in [2.75, 3.05) is 17.7 Å². The Bertz CT molecular complexity index is 1050. The highest BCUT2D eigenvalue weighted by molar-refractivity contribution is 6.17. The normalized spacial score (nSPS) is 13.0. The number of aliphatic hydroxyl groups is 1. The Kier molecular flexibility index (Phi) is 6.13. The Morgan fingerprint density at radius 1 is 1.31 bits per heavy atom. The van der Waals surface area contributed by atoms with Crippen molar-refractivity contribution in [3.63, 3.8) is 0 Å². The molecule has 0 amide bonds. The number of aromatic nitrogens is 4. The molecule has 1 aromatic carbocycles. The summed E-state index contributed by atoms with van der Waals surface area (Å²) in [5.41, 5.74) is -0.322. The van der Waals surface area contributed by atoms with Gasteiger partial charge in [-0.3, -0.25) is 9.78 Å². The molecule has 29 heavy (non-hydrogen) atoms. The summed E-state index contributed by atoms with van der Waals surface area (Å²) in [5.74, 6) is 0.662. The second-order valence-corrected chi connectivity index (χ2v) is 6.81. The summed E-state index contributed by atoms with van der Waals surface area (Å²) in [6.45, 7) is 1.74. The lowest BCUT2D eigenvalue weighted by Crippen LogP contribution is -2.16. The third-order valence-corrected chi connectivity index (χ3v) is 4.74. The average molecular weight is 430 g/mol. The van der Waals surface area contributed by atoms with Crippen LogP contribution in [0, 0.1) is 0 Å². The van der Waals surface area contributed by atoms with Crippen LogP contribution in [0.3, 0.4) is 0 Å². The van der Waals surface area contributed by atoms with Crippen molar-refractivity contribution >= 4 is 28.6 Å². The van der Waals surface area contributed by atoms with Crippen LogP contribution in [0.1, 0.15) is 36.2 Å². The molecular formula is C18H19ClF3N5O2. The van der Waals surface area contributed by atoms with E-state index in [0.29, 0.717) is 24.4 Å². The number of alkyl halides is 4. The Morgan fingerprint density at radius 3 is 2.59 bits per heavy atom. The smallest absolute Gasteiger partial charge is 0.390 e. The van der Waals surface area contributed by atoms with E-state index in [1.54, 1.807) is 6.92 Å². The van der Waals surface area contributed by atoms with E-state index < -0.39 is 29.9 Å². The molecule has 156 valence electrons. The van der Waals surface area contributed by atoms with Gasteiger partial charge in [-0.15, -0.1) is 11.6 Å². The third-order valence-electron chi connectivity index (χ3n) is 4.47. The molecule has 2 heterocycles. The molecule has 0 aliphatic heterocycles. The minimum absolute atomic E-state index is 0.133. The van der Waals surface area contributed by atoms with Gasteiger partial charge in [-0.2, -0.15) is 23.3 Å². The zero-order chi connectivity index (χ0) is 21.2. The van der Waals surface area contributed by atoms with E-state index in [2.05, 4.69) is 20.4 Å². The molecule has 0 aliphatic rings. The standard InChI is InChI=1S/C18H19ClF3N5O2/c1-10(11-3-5-12(6-4-11)18(20,21)22)27-15-14(13(9-28)26-27)16(29)25-17(24-15)23-8-2-7-19/h3-6,10,28H,2,7-9H2,1H3,(H2,23,24,25,29)/t10-/m0/s1. The molecule has 0 aliphatic carbocycles. The van der Waals surface area contributed by atoms with Gasteiger partial charge in [0.05, 0.1) is 18.2 Å². The van der Waals surface area contributed by atoms with Crippen LogP contribution >= 0.6 is 11.6 Å². The van der Waals surface area contributed by atoms with Crippen molar-refractivity contribution in [3.05, 3.63) is 51.4 Å². The fourth-order valence-electron chi connectivity index (χ4n) is 2.94. The van der Waals surface area contributed by atoms with Crippen LogP contribution < -0.4 is 10.9 Å². The van der Waals surface area contributed by atoms with Crippen molar-refractivity contribution in [1.29, 1.82) is 0 Å². The minimum atomic E-state index is -4.43. The van der Waals surface area contributed by atoms with Crippen LogP contribution in [0.2, 0.25) is 0 Å². The molecule has 3 N–H and O–H groups in total. The molecule has 0 fully saturated rings. The number of hydrogen-bond acceptors (Lipinski definition) is 5. The quantitative estimate of drug-likeness (QED) is 0.395. The highest BCUT2D eigenvalue weighted by Crippen LogP contribution is 2.31. The Morgan fingerprint density at radius 2 is 2.00 bits per heavy atom. The topological polar surface area (TPSA) is 95.8 Å². The number of nitrogens with zero attached hydrogens (tertiary/aromatic N) is 3. The number of aromatic amines is 1. The highest BCUT2D eigenvalue weighted by atomic mass is 35.5. The zero-order valence-electron chi connectivity index (χ0n) is 15.4. The molecule has 11 heteroatoms. The van der Waals surface area contributed by atoms with Crippen LogP contribution in [0.5, 0.6) is 0 Å². The van der Waals surface area contributed by atoms with Gasteiger partial charge >= 0.3 is 6.18 Å². The fourth-order valence-corrected chi connectivity index (χ4v) is 3.08. The fraction of sp³-hybridized carbons (Fsp3) is 0.389. The first kappa shape index (κ1) is 21.1. The molecule has 0 saturated heterocycles. The van der Waals surface area contributed by atoms with E-state index in [0.717, 1.165) is 12.1 Å². The van der Waals surface area contributed by atoms with Gasteiger partial charge in [-0.1, -0.05) is 12.1 Å². The van der Waals surface area contributed by atoms with Gasteiger partial charge in [0.1, 0.15) is 11.1 Å². The number of fused-ring (bicyclic) bond motifs is 1. The van der Waals surface area contributed by atoms with Crippen LogP contribution in [0.25, 0.3) is 11.0 Å². The Balaban J connectivity index is 2.04. The number of benzene rings is 1. The summed E-state index contributed by atoms with van der Waals surface area (Å²) in [6, 6.07) is 4.16. The van der Waals surface area contributed by atoms with Gasteiger partial charge < -0.3 is 10.4 Å². The van der Waals surface area contributed by atoms with E-state index in [1.165, 1.54) is 16.8 Å². The first-order valence-corrected chi connectivity index (χ1v) is 9.39. The average Bonchev–Trinajstić information content (AvgIpc) is 3.06. The second-order valence-electron chi connectivity index (χ2n) is 6.43. The molecule has 7 nitrogen and oxygen atoms in total. The number of hydrogen-bond donors (Lipinski definition) is 3. The van der Waals surface area contributed by atoms with Crippen molar-refractivity contribution in [2.24, 2.45) is 0 Å². The lowest BCUT2D eigenvalue weighted by atomic mass is 10.1. The first-order valence-electron chi connectivity index (χ1n) is 8.85. The Hall–Kier alpha value is -2.59. The van der Waals surface area contributed by atoms with Gasteiger partial charge in [-0.25, -0.2) is 4.68 Å². The monoisotopic (exact) mass is 429 g/mol. The number of H-pyrrole nitrogens is 1. The lowest BCUT2D eigenvalue weighted by molar-refractivity contribution is -0.137. The SMILES string of the molecule is C[C@@H](c1ccc(C(F)(F)F)cc1)n1nc(CO)c2c(=O)[nH]c(NCCCCl)nc21. The third kappa shape index (κ3) is 4.38. The van der Waals surface area contributed by atoms with Crippen LogP contribution in [-0.4, -0.2) is 37.3 Å². The minimum Gasteiger partial charge on any atom is -0.390 e. The van der Waals surface area contributed by atoms with Crippen LogP contribution in [0.15, 0.2) is 29.1 Å². The van der Waals surface area contributed by atoms with E-state index in [1.807, 2.05) is 0 Å². The van der Waals surface area contributed by atoms with Crippen molar-refractivity contribution in [1.82, 2.24) is 19.7 Å². The van der Waals surface area contributed by atoms with Gasteiger partial charge in [0, 0.05) is 12.4 Å². The van der Waals surface area contributed by atoms with Crippen molar-refractivity contribution < 1.29 is 18.3 Å². The maximum Gasteiger partial charge on any atom is 0.416 e. The molecule has 2 aromatic heterocycles. The lowest BCUT2D eigenvalue weighted by Gasteiger charge is -2.15. The molecule has 3 aromatic rings. The number of rotatable bonds is 7. The van der Waals surface area contributed by atoms with Crippen molar-refractivity contribution in [3.8, 4) is 0 Å². The highest BCUT2D eigenvalue weighted by Gasteiger charge is 2.30. The summed E-state index contributed by atoms with van der Waals surface area (Å²) in [6.07, 6.45) is -3.77. The molecule has 0 saturated carbocycles. The summed E-state index contributed by atoms with van der Waals surface area (Å²) >= 11 is 5.65. The summed E-state index contributed by atoms with van der Waals surface area (Å²) < 4.78 is 39.8. The first-order chi connectivity index (χ1) is 13.8. The van der Waals surface area contributed by atoms with Crippen molar-refractivity contribution in [2.45, 2.75) is 32.2 Å². The predicted octanol–water partition coefficient (Wildman–Crippen LogP) is 3.28. The van der Waals surface area contributed by atoms with Gasteiger partial charge in [0.25, 0.3) is 5.56 Å². The van der Waals surface area contributed by atoms with E-state index in [4.69, 9.17) is 11.6 Å². The van der Waals surface area contributed by atoms with E-state index in [9.17, 15) is 23.1 Å². The molecule has 0 radical (unpaired) electrons. The second kappa shape index (κ2) is 8.42. The number of halogens is 4. The maximum atomic E-state index is 12.8. The van der Waals surface area contributed by atoms with Gasteiger partial charge in [0.15, 0.2) is 5.65 Å². The molecule has 1 atom stereocenters. The molecule has 0 unspecified atom stereocenters. The van der Waals surface area contributed by atoms with Crippen LogP contribution in [-0.2, 0) is 12.8 Å². The Labute approximate surface area is 168 Å². The summed E-state index contributed by atoms with van der Waals surface area (Å²) in [4.78, 5) is 19.5. The zero-order valence-corrected chi connectivity index (χ0v) is 16.2. The largest absolute Gasteiger partial charge is 0.416 e. The van der Waals surface area contributed by atoms with E-state index >= 15 is 0 Å². The predicted molar refractivity (Wildman–Crippen MR) is 103 cm³/mol. The summed E-state index contributed by atoms with van der Waals surface area (Å²) in [5, 5.41) is 16.9. The molecular weight excluding hydrogens is 411 g/mol. The van der Waals surface area contributed by atoms with Crippen LogP contribution in [0.4, 0.5) is 19.1 Å². The van der Waals surface area contributed by atoms with E-state index in [-0.39, 0.29) is 22.7 Å². The maximum absolute atomic E-state index is 12.8.